The number of hydrogen-bond acceptors (Lipinski definition) is 6. The van der Waals surface area contributed by atoms with Gasteiger partial charge in [-0.2, -0.15) is 0 Å². The van der Waals surface area contributed by atoms with Gasteiger partial charge in [0.05, 0.1) is 13.4 Å². The number of aryl methyl sites for hydroxylation is 1. The molecule has 0 saturated heterocycles. The summed E-state index contributed by atoms with van der Waals surface area (Å²) in [6.07, 6.45) is 1.55. The molecule has 1 atom stereocenters. The van der Waals surface area contributed by atoms with Crippen LogP contribution in [0.4, 0.5) is 0 Å². The standard InChI is InChI=1S/C17H17N3O4/c1-11-19-20-16(24-11)10-15(21)18-17(14-8-5-9-23-14)12-6-3-4-7-13(12)22-2/h3-9,17H,10H2,1-2H3,(H,18,21)/t17-/m0/s1. The van der Waals surface area contributed by atoms with Crippen LogP contribution in [0, 0.1) is 6.92 Å². The Morgan fingerprint density at radius 3 is 2.75 bits per heavy atom. The number of hydrogen-bond donors (Lipinski definition) is 1. The van der Waals surface area contributed by atoms with E-state index in [1.165, 1.54) is 0 Å². The molecule has 2 heterocycles. The van der Waals surface area contributed by atoms with Crippen molar-refractivity contribution < 1.29 is 18.4 Å². The van der Waals surface area contributed by atoms with Crippen molar-refractivity contribution in [3.05, 3.63) is 65.8 Å². The summed E-state index contributed by atoms with van der Waals surface area (Å²) in [5.74, 6) is 1.70. The monoisotopic (exact) mass is 327 g/mol. The predicted molar refractivity (Wildman–Crippen MR) is 84.4 cm³/mol. The Morgan fingerprint density at radius 1 is 1.25 bits per heavy atom. The summed E-state index contributed by atoms with van der Waals surface area (Å²) in [7, 11) is 1.58. The molecule has 2 aromatic heterocycles. The number of methoxy groups -OCH3 is 1. The van der Waals surface area contributed by atoms with E-state index in [4.69, 9.17) is 13.6 Å². The molecule has 7 heteroatoms. The van der Waals surface area contributed by atoms with Crippen LogP contribution in [0.1, 0.15) is 29.1 Å². The highest BCUT2D eigenvalue weighted by atomic mass is 16.5. The molecule has 7 nitrogen and oxygen atoms in total. The average molecular weight is 327 g/mol. The Labute approximate surface area is 138 Å². The van der Waals surface area contributed by atoms with Crippen LogP contribution in [0.15, 0.2) is 51.5 Å². The fourth-order valence-electron chi connectivity index (χ4n) is 2.42. The minimum atomic E-state index is -0.479. The maximum absolute atomic E-state index is 12.4. The Morgan fingerprint density at radius 2 is 2.08 bits per heavy atom. The first-order valence-electron chi connectivity index (χ1n) is 7.42. The maximum Gasteiger partial charge on any atom is 0.230 e. The lowest BCUT2D eigenvalue weighted by Crippen LogP contribution is -2.30. The molecule has 0 radical (unpaired) electrons. The van der Waals surface area contributed by atoms with E-state index in [2.05, 4.69) is 15.5 Å². The molecular weight excluding hydrogens is 310 g/mol. The zero-order valence-electron chi connectivity index (χ0n) is 13.4. The van der Waals surface area contributed by atoms with Gasteiger partial charge in [-0.15, -0.1) is 10.2 Å². The van der Waals surface area contributed by atoms with Crippen molar-refractivity contribution in [1.82, 2.24) is 15.5 Å². The molecule has 0 unspecified atom stereocenters. The number of carbonyl (C=O) groups is 1. The molecule has 0 spiro atoms. The van der Waals surface area contributed by atoms with Gasteiger partial charge in [-0.3, -0.25) is 4.79 Å². The molecule has 1 N–H and O–H groups in total. The van der Waals surface area contributed by atoms with Gasteiger partial charge in [0.25, 0.3) is 0 Å². The second-order valence-corrected chi connectivity index (χ2v) is 5.15. The average Bonchev–Trinajstić information content (AvgIpc) is 3.24. The van der Waals surface area contributed by atoms with Crippen LogP contribution in [0.2, 0.25) is 0 Å². The first kappa shape index (κ1) is 15.8. The summed E-state index contributed by atoms with van der Waals surface area (Å²) in [4.78, 5) is 12.4. The van der Waals surface area contributed by atoms with Gasteiger partial charge in [-0.1, -0.05) is 18.2 Å². The molecular formula is C17H17N3O4. The van der Waals surface area contributed by atoms with Crippen molar-refractivity contribution >= 4 is 5.91 Å². The molecule has 0 fully saturated rings. The second-order valence-electron chi connectivity index (χ2n) is 5.15. The second kappa shape index (κ2) is 6.99. The first-order chi connectivity index (χ1) is 11.7. The molecule has 0 aliphatic carbocycles. The molecule has 1 aromatic carbocycles. The highest BCUT2D eigenvalue weighted by Gasteiger charge is 2.23. The fourth-order valence-corrected chi connectivity index (χ4v) is 2.42. The number of aromatic nitrogens is 2. The maximum atomic E-state index is 12.4. The Balaban J connectivity index is 1.84. The van der Waals surface area contributed by atoms with Gasteiger partial charge in [0.15, 0.2) is 0 Å². The van der Waals surface area contributed by atoms with Crippen LogP contribution in [-0.2, 0) is 11.2 Å². The summed E-state index contributed by atoms with van der Waals surface area (Å²) in [6.45, 7) is 1.68. The minimum absolute atomic E-state index is 0.00675. The van der Waals surface area contributed by atoms with Gasteiger partial charge >= 0.3 is 0 Å². The van der Waals surface area contributed by atoms with Gasteiger partial charge in [0, 0.05) is 12.5 Å². The third-order valence-electron chi connectivity index (χ3n) is 3.46. The number of benzene rings is 1. The van der Waals surface area contributed by atoms with Crippen LogP contribution in [0.5, 0.6) is 5.75 Å². The summed E-state index contributed by atoms with van der Waals surface area (Å²) in [5, 5.41) is 10.5. The first-order valence-corrected chi connectivity index (χ1v) is 7.42. The van der Waals surface area contributed by atoms with Crippen molar-refractivity contribution in [3.63, 3.8) is 0 Å². The van der Waals surface area contributed by atoms with Crippen molar-refractivity contribution in [3.8, 4) is 5.75 Å². The highest BCUT2D eigenvalue weighted by Crippen LogP contribution is 2.30. The number of ether oxygens (including phenoxy) is 1. The summed E-state index contributed by atoms with van der Waals surface area (Å²) in [5.41, 5.74) is 0.796. The smallest absolute Gasteiger partial charge is 0.230 e. The molecule has 0 bridgehead atoms. The topological polar surface area (TPSA) is 90.4 Å². The third-order valence-corrected chi connectivity index (χ3v) is 3.46. The van der Waals surface area contributed by atoms with Crippen LogP contribution in [0.25, 0.3) is 0 Å². The Bertz CT molecular complexity index is 811. The minimum Gasteiger partial charge on any atom is -0.496 e. The Hall–Kier alpha value is -3.09. The van der Waals surface area contributed by atoms with E-state index in [-0.39, 0.29) is 18.2 Å². The fraction of sp³-hybridized carbons (Fsp3) is 0.235. The molecule has 0 aliphatic heterocycles. The number of amides is 1. The highest BCUT2D eigenvalue weighted by molar-refractivity contribution is 5.78. The van der Waals surface area contributed by atoms with Gasteiger partial charge in [-0.25, -0.2) is 0 Å². The van der Waals surface area contributed by atoms with Crippen LogP contribution in [-0.4, -0.2) is 23.2 Å². The lowest BCUT2D eigenvalue weighted by molar-refractivity contribution is -0.121. The number of nitrogens with one attached hydrogen (secondary N) is 1. The summed E-state index contributed by atoms with van der Waals surface area (Å²) < 4.78 is 16.1. The van der Waals surface area contributed by atoms with E-state index in [9.17, 15) is 4.79 Å². The molecule has 0 saturated carbocycles. The number of para-hydroxylation sites is 1. The van der Waals surface area contributed by atoms with E-state index in [1.807, 2.05) is 24.3 Å². The third kappa shape index (κ3) is 3.45. The van der Waals surface area contributed by atoms with Crippen LogP contribution >= 0.6 is 0 Å². The van der Waals surface area contributed by atoms with Gasteiger partial charge in [0.2, 0.25) is 17.7 Å². The normalized spacial score (nSPS) is 11.9. The van der Waals surface area contributed by atoms with Gasteiger partial charge in [-0.05, 0) is 18.2 Å². The summed E-state index contributed by atoms with van der Waals surface area (Å²) >= 11 is 0. The molecule has 3 aromatic rings. The van der Waals surface area contributed by atoms with Crippen molar-refractivity contribution in [2.75, 3.05) is 7.11 Å². The molecule has 24 heavy (non-hydrogen) atoms. The van der Waals surface area contributed by atoms with E-state index < -0.39 is 6.04 Å². The zero-order chi connectivity index (χ0) is 16.9. The van der Waals surface area contributed by atoms with Crippen LogP contribution < -0.4 is 10.1 Å². The molecule has 1 amide bonds. The quantitative estimate of drug-likeness (QED) is 0.748. The molecule has 3 rings (SSSR count). The number of carbonyl (C=O) groups excluding carboxylic acids is 1. The lowest BCUT2D eigenvalue weighted by atomic mass is 10.0. The van der Waals surface area contributed by atoms with Crippen molar-refractivity contribution in [1.29, 1.82) is 0 Å². The van der Waals surface area contributed by atoms with Crippen molar-refractivity contribution in [2.45, 2.75) is 19.4 Å². The number of nitrogens with zero attached hydrogens (tertiary/aromatic N) is 2. The largest absolute Gasteiger partial charge is 0.496 e. The predicted octanol–water partition coefficient (Wildman–Crippen LogP) is 2.43. The van der Waals surface area contributed by atoms with Crippen LogP contribution in [0.3, 0.4) is 0 Å². The zero-order valence-corrected chi connectivity index (χ0v) is 13.4. The number of rotatable bonds is 6. The van der Waals surface area contributed by atoms with Crippen molar-refractivity contribution in [2.24, 2.45) is 0 Å². The molecule has 124 valence electrons. The van der Waals surface area contributed by atoms with Gasteiger partial charge in [0.1, 0.15) is 24.0 Å². The van der Waals surface area contributed by atoms with E-state index >= 15 is 0 Å². The number of furan rings is 1. The lowest BCUT2D eigenvalue weighted by Gasteiger charge is -2.19. The SMILES string of the molecule is COc1ccccc1[C@H](NC(=O)Cc1nnc(C)o1)c1ccco1. The Kier molecular flexibility index (Phi) is 4.60. The van der Waals surface area contributed by atoms with E-state index in [0.717, 1.165) is 5.56 Å². The summed E-state index contributed by atoms with van der Waals surface area (Å²) in [6, 6.07) is 10.5. The van der Waals surface area contributed by atoms with E-state index in [0.29, 0.717) is 17.4 Å². The van der Waals surface area contributed by atoms with E-state index in [1.54, 1.807) is 32.4 Å². The van der Waals surface area contributed by atoms with Gasteiger partial charge < -0.3 is 18.9 Å². The molecule has 0 aliphatic rings.